The molecule has 0 spiro atoms. The standard InChI is InChI=1S/C51H45N/c1-35(2)50-44-26-15-14-25-39(44)33-40-23-8-4-5-9-24-41(34-48(40)50)43-31-32-47(46-28-17-16-27-45(43)46)49-30-18-29-42(37-19-10-6-11-20-37)36(3)51(52-49)38-21-12-7-13-22-38/h4-12,14-17,19-20,22-28,30-35H,13,18,21,29H2,1-3H3/b5-4?,8-4?,9-5?,23-8?,24-9?,40-23?,41-24?,41-34?,42-36?,48-34?,49-30-,52-51?. The van der Waals surface area contributed by atoms with Crippen molar-refractivity contribution < 1.29 is 0 Å². The molecule has 0 saturated heterocycles. The Hall–Kier alpha value is -5.79. The number of benzene rings is 5. The Kier molecular flexibility index (Phi) is 9.51. The topological polar surface area (TPSA) is 12.4 Å². The smallest absolute Gasteiger partial charge is 0.0701 e. The molecule has 1 aliphatic heterocycles. The lowest BCUT2D eigenvalue weighted by Crippen LogP contribution is -2.10. The lowest BCUT2D eigenvalue weighted by molar-refractivity contribution is 0.885. The third kappa shape index (κ3) is 6.56. The number of hydrogen-bond acceptors (Lipinski definition) is 1. The van der Waals surface area contributed by atoms with E-state index in [0.717, 1.165) is 37.1 Å². The van der Waals surface area contributed by atoms with Gasteiger partial charge in [-0.25, -0.2) is 4.99 Å². The first kappa shape index (κ1) is 33.4. The van der Waals surface area contributed by atoms with Crippen molar-refractivity contribution in [3.63, 3.8) is 0 Å². The molecule has 1 heteroatoms. The van der Waals surface area contributed by atoms with Gasteiger partial charge in [-0.3, -0.25) is 0 Å². The fourth-order valence-corrected chi connectivity index (χ4v) is 8.14. The summed E-state index contributed by atoms with van der Waals surface area (Å²) in [5.74, 6) is 0.361. The first-order chi connectivity index (χ1) is 25.6. The van der Waals surface area contributed by atoms with Crippen LogP contribution in [-0.2, 0) is 0 Å². The van der Waals surface area contributed by atoms with E-state index in [0.29, 0.717) is 5.92 Å². The molecule has 2 aliphatic rings. The van der Waals surface area contributed by atoms with Crippen LogP contribution < -0.4 is 0 Å². The Morgan fingerprint density at radius 3 is 1.90 bits per heavy atom. The SMILES string of the molecule is CC1=C(c2ccccc2)CC/C=C(/c2ccc(-c3ccccccc4cc5ccccc5c(C(C)C)c4c3)c3ccccc23)N=C1C1=CCC=CC1. The van der Waals surface area contributed by atoms with Gasteiger partial charge >= 0.3 is 0 Å². The fraction of sp³-hybridized carbons (Fsp3) is 0.157. The second kappa shape index (κ2) is 14.8. The van der Waals surface area contributed by atoms with E-state index in [9.17, 15) is 0 Å². The van der Waals surface area contributed by atoms with Gasteiger partial charge in [0.2, 0.25) is 0 Å². The maximum atomic E-state index is 5.59. The summed E-state index contributed by atoms with van der Waals surface area (Å²) in [6.07, 6.45) is 13.0. The van der Waals surface area contributed by atoms with Crippen molar-refractivity contribution in [3.05, 3.63) is 192 Å². The average molecular weight is 672 g/mol. The van der Waals surface area contributed by atoms with Gasteiger partial charge < -0.3 is 0 Å². The predicted molar refractivity (Wildman–Crippen MR) is 226 cm³/mol. The molecule has 0 amide bonds. The second-order valence-corrected chi connectivity index (χ2v) is 14.3. The molecule has 0 atom stereocenters. The number of nitrogens with zero attached hydrogens (tertiary/aromatic N) is 1. The summed E-state index contributed by atoms with van der Waals surface area (Å²) in [5, 5.41) is 7.60. The Morgan fingerprint density at radius 2 is 1.17 bits per heavy atom. The summed E-state index contributed by atoms with van der Waals surface area (Å²) in [6.45, 7) is 6.91. The zero-order valence-electron chi connectivity index (χ0n) is 30.4. The van der Waals surface area contributed by atoms with E-state index < -0.39 is 0 Å². The lowest BCUT2D eigenvalue weighted by atomic mass is 9.87. The summed E-state index contributed by atoms with van der Waals surface area (Å²) in [5.41, 5.74) is 12.4. The molecule has 52 heavy (non-hydrogen) atoms. The van der Waals surface area contributed by atoms with E-state index in [1.54, 1.807) is 0 Å². The molecule has 0 N–H and O–H groups in total. The minimum atomic E-state index is 0.361. The lowest BCUT2D eigenvalue weighted by Gasteiger charge is -2.21. The molecule has 8 rings (SSSR count). The van der Waals surface area contributed by atoms with Crippen molar-refractivity contribution in [2.24, 2.45) is 4.99 Å². The van der Waals surface area contributed by atoms with Gasteiger partial charge in [0.15, 0.2) is 0 Å². The molecular weight excluding hydrogens is 627 g/mol. The molecule has 1 heterocycles. The van der Waals surface area contributed by atoms with Gasteiger partial charge in [-0.05, 0) is 122 Å². The van der Waals surface area contributed by atoms with Crippen LogP contribution in [0.3, 0.4) is 0 Å². The first-order valence-electron chi connectivity index (χ1n) is 18.8. The van der Waals surface area contributed by atoms with Gasteiger partial charge in [0.05, 0.1) is 11.4 Å². The van der Waals surface area contributed by atoms with E-state index in [2.05, 4.69) is 185 Å². The van der Waals surface area contributed by atoms with Crippen LogP contribution in [0.2, 0.25) is 0 Å². The number of allylic oxidation sites excluding steroid dienone is 7. The predicted octanol–water partition coefficient (Wildman–Crippen LogP) is 14.4. The summed E-state index contributed by atoms with van der Waals surface area (Å²) < 4.78 is 0. The highest BCUT2D eigenvalue weighted by molar-refractivity contribution is 6.18. The van der Waals surface area contributed by atoms with Crippen LogP contribution in [0.4, 0.5) is 0 Å². The summed E-state index contributed by atoms with van der Waals surface area (Å²) in [6, 6.07) is 51.1. The van der Waals surface area contributed by atoms with Crippen LogP contribution in [0.15, 0.2) is 180 Å². The van der Waals surface area contributed by atoms with Gasteiger partial charge in [0.25, 0.3) is 0 Å². The van der Waals surface area contributed by atoms with E-state index >= 15 is 0 Å². The van der Waals surface area contributed by atoms with E-state index in [1.807, 2.05) is 0 Å². The maximum absolute atomic E-state index is 5.59. The Morgan fingerprint density at radius 1 is 0.558 bits per heavy atom. The minimum Gasteiger partial charge on any atom is -0.248 e. The maximum Gasteiger partial charge on any atom is 0.0701 e. The van der Waals surface area contributed by atoms with Crippen LogP contribution >= 0.6 is 0 Å². The highest BCUT2D eigenvalue weighted by Crippen LogP contribution is 2.39. The van der Waals surface area contributed by atoms with E-state index in [1.165, 1.54) is 76.9 Å². The minimum absolute atomic E-state index is 0.361. The third-order valence-corrected chi connectivity index (χ3v) is 10.6. The molecule has 6 aromatic carbocycles. The Labute approximate surface area is 308 Å². The molecule has 0 unspecified atom stereocenters. The van der Waals surface area contributed by atoms with Crippen LogP contribution in [0, 0.1) is 0 Å². The molecule has 0 fully saturated rings. The molecule has 254 valence electrons. The molecule has 0 saturated carbocycles. The number of aliphatic imine (C=N–C) groups is 1. The van der Waals surface area contributed by atoms with Crippen molar-refractivity contribution in [1.82, 2.24) is 0 Å². The number of fused-ring (bicyclic) bond motifs is 3. The van der Waals surface area contributed by atoms with E-state index in [-0.39, 0.29) is 0 Å². The number of rotatable bonds is 5. The number of hydrogen-bond donors (Lipinski definition) is 0. The van der Waals surface area contributed by atoms with Gasteiger partial charge in [0.1, 0.15) is 0 Å². The summed E-state index contributed by atoms with van der Waals surface area (Å²) >= 11 is 0. The molecule has 0 radical (unpaired) electrons. The monoisotopic (exact) mass is 671 g/mol. The van der Waals surface area contributed by atoms with E-state index in [4.69, 9.17) is 4.99 Å². The van der Waals surface area contributed by atoms with Gasteiger partial charge in [-0.1, -0.05) is 166 Å². The molecular formula is C51H45N. The fourth-order valence-electron chi connectivity index (χ4n) is 8.14. The largest absolute Gasteiger partial charge is 0.248 e. The third-order valence-electron chi connectivity index (χ3n) is 10.6. The highest BCUT2D eigenvalue weighted by Gasteiger charge is 2.20. The van der Waals surface area contributed by atoms with Gasteiger partial charge in [0, 0.05) is 5.56 Å². The highest BCUT2D eigenvalue weighted by atomic mass is 14.8. The Balaban J connectivity index is 1.34. The van der Waals surface area contributed by atoms with Crippen molar-refractivity contribution in [1.29, 1.82) is 0 Å². The summed E-state index contributed by atoms with van der Waals surface area (Å²) in [4.78, 5) is 5.59. The molecule has 1 aliphatic carbocycles. The first-order valence-corrected chi connectivity index (χ1v) is 18.8. The van der Waals surface area contributed by atoms with Gasteiger partial charge in [-0.2, -0.15) is 0 Å². The molecule has 0 aromatic heterocycles. The van der Waals surface area contributed by atoms with Gasteiger partial charge in [-0.15, -0.1) is 0 Å². The average Bonchev–Trinajstić information content (AvgIpc) is 3.18. The normalized spacial score (nSPS) is 15.9. The Bertz CT molecular complexity index is 2540. The van der Waals surface area contributed by atoms with Crippen LogP contribution in [0.25, 0.3) is 54.7 Å². The molecule has 6 aromatic rings. The van der Waals surface area contributed by atoms with Crippen LogP contribution in [0.5, 0.6) is 0 Å². The zero-order chi connectivity index (χ0) is 35.4. The zero-order valence-corrected chi connectivity index (χ0v) is 30.4. The second-order valence-electron chi connectivity index (χ2n) is 14.3. The van der Waals surface area contributed by atoms with Crippen molar-refractivity contribution >= 4 is 49.3 Å². The van der Waals surface area contributed by atoms with Crippen LogP contribution in [-0.4, -0.2) is 5.71 Å². The van der Waals surface area contributed by atoms with Crippen LogP contribution in [0.1, 0.15) is 69.1 Å². The van der Waals surface area contributed by atoms with Crippen molar-refractivity contribution in [2.75, 3.05) is 0 Å². The van der Waals surface area contributed by atoms with Crippen molar-refractivity contribution in [2.45, 2.75) is 52.4 Å². The molecule has 1 nitrogen and oxygen atoms in total. The summed E-state index contributed by atoms with van der Waals surface area (Å²) in [7, 11) is 0. The van der Waals surface area contributed by atoms with Crippen molar-refractivity contribution in [3.8, 4) is 11.1 Å². The quantitative estimate of drug-likeness (QED) is 0.162. The molecule has 0 bridgehead atoms.